The Kier molecular flexibility index (Phi) is 5.42. The minimum atomic E-state index is -0.0779. The quantitative estimate of drug-likeness (QED) is 0.521. The van der Waals surface area contributed by atoms with Crippen LogP contribution in [-0.2, 0) is 14.3 Å². The number of amides is 2. The third-order valence-corrected chi connectivity index (χ3v) is 2.55. The first kappa shape index (κ1) is 13.1. The molecule has 0 aliphatic carbocycles. The third kappa shape index (κ3) is 3.90. The second-order valence-corrected chi connectivity index (χ2v) is 4.14. The lowest BCUT2D eigenvalue weighted by Crippen LogP contribution is -2.43. The summed E-state index contributed by atoms with van der Waals surface area (Å²) >= 11 is 0. The molecule has 1 rings (SSSR count). The van der Waals surface area contributed by atoms with Crippen LogP contribution in [0.4, 0.5) is 0 Å². The molecule has 5 heteroatoms. The Morgan fingerprint density at radius 2 is 1.94 bits per heavy atom. The number of likely N-dealkylation sites (tertiary alicyclic amines) is 1. The molecule has 0 aromatic carbocycles. The van der Waals surface area contributed by atoms with Crippen molar-refractivity contribution in [1.29, 1.82) is 0 Å². The average Bonchev–Trinajstić information content (AvgIpc) is 2.20. The molecular formula is C11H19NO4. The number of imide groups is 1. The first-order valence-electron chi connectivity index (χ1n) is 5.67. The maximum absolute atomic E-state index is 11.6. The summed E-state index contributed by atoms with van der Waals surface area (Å²) in [6.45, 7) is 3.11. The summed E-state index contributed by atoms with van der Waals surface area (Å²) in [6, 6.07) is 0. The molecule has 1 fully saturated rings. The molecule has 0 radical (unpaired) electrons. The van der Waals surface area contributed by atoms with E-state index in [0.29, 0.717) is 39.0 Å². The van der Waals surface area contributed by atoms with Crippen molar-refractivity contribution in [2.75, 3.05) is 26.4 Å². The van der Waals surface area contributed by atoms with Gasteiger partial charge in [0, 0.05) is 26.0 Å². The molecule has 0 spiro atoms. The summed E-state index contributed by atoms with van der Waals surface area (Å²) in [5.41, 5.74) is 0. The highest BCUT2D eigenvalue weighted by Gasteiger charge is 2.29. The Hall–Kier alpha value is -0.940. The fraction of sp³-hybridized carbons (Fsp3) is 0.818. The number of aliphatic hydroxyl groups is 1. The zero-order chi connectivity index (χ0) is 12.0. The van der Waals surface area contributed by atoms with Crippen molar-refractivity contribution in [1.82, 2.24) is 4.90 Å². The van der Waals surface area contributed by atoms with Gasteiger partial charge in [0.25, 0.3) is 0 Å². The number of nitrogens with zero attached hydrogens (tertiary/aromatic N) is 1. The monoisotopic (exact) mass is 229 g/mol. The van der Waals surface area contributed by atoms with Crippen molar-refractivity contribution in [2.45, 2.75) is 26.2 Å². The van der Waals surface area contributed by atoms with E-state index in [1.54, 1.807) is 0 Å². The molecule has 0 atom stereocenters. The highest BCUT2D eigenvalue weighted by atomic mass is 16.5. The van der Waals surface area contributed by atoms with Crippen molar-refractivity contribution in [3.8, 4) is 0 Å². The molecule has 0 aromatic heterocycles. The van der Waals surface area contributed by atoms with E-state index in [2.05, 4.69) is 0 Å². The number of carbonyl (C=O) groups excluding carboxylic acids is 2. The Labute approximate surface area is 95.4 Å². The van der Waals surface area contributed by atoms with Gasteiger partial charge in [-0.2, -0.15) is 0 Å². The van der Waals surface area contributed by atoms with Crippen LogP contribution in [0.25, 0.3) is 0 Å². The van der Waals surface area contributed by atoms with E-state index >= 15 is 0 Å². The van der Waals surface area contributed by atoms with E-state index in [4.69, 9.17) is 9.84 Å². The Balaban J connectivity index is 2.25. The van der Waals surface area contributed by atoms with E-state index in [-0.39, 0.29) is 24.3 Å². The Bertz CT molecular complexity index is 236. The highest BCUT2D eigenvalue weighted by molar-refractivity contribution is 5.97. The van der Waals surface area contributed by atoms with Gasteiger partial charge in [0.1, 0.15) is 0 Å². The molecule has 1 aliphatic heterocycles. The van der Waals surface area contributed by atoms with E-state index in [1.165, 1.54) is 4.90 Å². The molecule has 1 heterocycles. The first-order valence-corrected chi connectivity index (χ1v) is 5.67. The van der Waals surface area contributed by atoms with Crippen LogP contribution >= 0.6 is 0 Å². The molecule has 0 bridgehead atoms. The number of rotatable bonds is 6. The van der Waals surface area contributed by atoms with Gasteiger partial charge >= 0.3 is 0 Å². The van der Waals surface area contributed by atoms with E-state index in [9.17, 15) is 9.59 Å². The average molecular weight is 229 g/mol. The molecule has 92 valence electrons. The summed E-state index contributed by atoms with van der Waals surface area (Å²) in [6.07, 6.45) is 1.55. The van der Waals surface area contributed by atoms with Crippen molar-refractivity contribution in [3.63, 3.8) is 0 Å². The molecule has 0 unspecified atom stereocenters. The Morgan fingerprint density at radius 3 is 2.50 bits per heavy atom. The van der Waals surface area contributed by atoms with Crippen LogP contribution in [0, 0.1) is 5.92 Å². The normalized spacial score (nSPS) is 18.2. The van der Waals surface area contributed by atoms with Gasteiger partial charge in [-0.25, -0.2) is 0 Å². The maximum atomic E-state index is 11.6. The van der Waals surface area contributed by atoms with Crippen LogP contribution in [0.3, 0.4) is 0 Å². The van der Waals surface area contributed by atoms with Gasteiger partial charge in [-0.1, -0.05) is 6.92 Å². The predicted molar refractivity (Wildman–Crippen MR) is 57.6 cm³/mol. The second kappa shape index (κ2) is 6.60. The summed E-state index contributed by atoms with van der Waals surface area (Å²) in [7, 11) is 0. The molecule has 5 nitrogen and oxygen atoms in total. The summed E-state index contributed by atoms with van der Waals surface area (Å²) in [5, 5.41) is 8.48. The number of hydrogen-bond acceptors (Lipinski definition) is 4. The number of piperidine rings is 1. The molecular weight excluding hydrogens is 210 g/mol. The van der Waals surface area contributed by atoms with Crippen molar-refractivity contribution in [3.05, 3.63) is 0 Å². The number of carbonyl (C=O) groups is 2. The molecule has 1 N–H and O–H groups in total. The van der Waals surface area contributed by atoms with Gasteiger partial charge in [-0.05, 0) is 12.3 Å². The van der Waals surface area contributed by atoms with Crippen LogP contribution in [0.15, 0.2) is 0 Å². The fourth-order valence-electron chi connectivity index (χ4n) is 1.77. The van der Waals surface area contributed by atoms with Crippen LogP contribution in [0.2, 0.25) is 0 Å². The molecule has 1 aliphatic rings. The first-order chi connectivity index (χ1) is 7.65. The molecule has 2 amide bonds. The topological polar surface area (TPSA) is 66.8 Å². The minimum absolute atomic E-state index is 0.000903. The third-order valence-electron chi connectivity index (χ3n) is 2.55. The second-order valence-electron chi connectivity index (χ2n) is 4.14. The largest absolute Gasteiger partial charge is 0.394 e. The van der Waals surface area contributed by atoms with Gasteiger partial charge in [-0.15, -0.1) is 0 Å². The standard InChI is InChI=1S/C11H19NO4/c1-9-7-10(14)12(11(15)8-9)3-2-5-16-6-4-13/h9,13H,2-8H2,1H3. The zero-order valence-corrected chi connectivity index (χ0v) is 9.65. The van der Waals surface area contributed by atoms with Gasteiger partial charge in [-0.3, -0.25) is 14.5 Å². The van der Waals surface area contributed by atoms with Crippen LogP contribution in [-0.4, -0.2) is 48.2 Å². The fourth-order valence-corrected chi connectivity index (χ4v) is 1.77. The zero-order valence-electron chi connectivity index (χ0n) is 9.65. The lowest BCUT2D eigenvalue weighted by atomic mass is 9.98. The van der Waals surface area contributed by atoms with Crippen molar-refractivity contribution >= 4 is 11.8 Å². The Morgan fingerprint density at radius 1 is 1.31 bits per heavy atom. The highest BCUT2D eigenvalue weighted by Crippen LogP contribution is 2.18. The number of ether oxygens (including phenoxy) is 1. The smallest absolute Gasteiger partial charge is 0.229 e. The molecule has 16 heavy (non-hydrogen) atoms. The van der Waals surface area contributed by atoms with E-state index in [1.807, 2.05) is 6.92 Å². The summed E-state index contributed by atoms with van der Waals surface area (Å²) in [4.78, 5) is 24.4. The molecule has 0 saturated carbocycles. The number of aliphatic hydroxyl groups excluding tert-OH is 1. The summed E-state index contributed by atoms with van der Waals surface area (Å²) < 4.78 is 5.07. The van der Waals surface area contributed by atoms with Crippen LogP contribution in [0.1, 0.15) is 26.2 Å². The molecule has 0 aromatic rings. The van der Waals surface area contributed by atoms with E-state index in [0.717, 1.165) is 0 Å². The summed E-state index contributed by atoms with van der Waals surface area (Å²) in [5.74, 6) is 0.0127. The lowest BCUT2D eigenvalue weighted by molar-refractivity contribution is -0.149. The number of hydrogen-bond donors (Lipinski definition) is 1. The van der Waals surface area contributed by atoms with Gasteiger partial charge in [0.05, 0.1) is 13.2 Å². The van der Waals surface area contributed by atoms with Crippen LogP contribution in [0.5, 0.6) is 0 Å². The predicted octanol–water partition coefficient (Wildman–Crippen LogP) is 0.171. The molecule has 1 saturated heterocycles. The van der Waals surface area contributed by atoms with Crippen LogP contribution < -0.4 is 0 Å². The van der Waals surface area contributed by atoms with Gasteiger partial charge in [0.2, 0.25) is 11.8 Å². The van der Waals surface area contributed by atoms with Crippen molar-refractivity contribution in [2.24, 2.45) is 5.92 Å². The lowest BCUT2D eigenvalue weighted by Gasteiger charge is -2.28. The minimum Gasteiger partial charge on any atom is -0.394 e. The van der Waals surface area contributed by atoms with Gasteiger partial charge in [0.15, 0.2) is 0 Å². The van der Waals surface area contributed by atoms with E-state index < -0.39 is 0 Å². The van der Waals surface area contributed by atoms with Gasteiger partial charge < -0.3 is 9.84 Å². The van der Waals surface area contributed by atoms with Crippen molar-refractivity contribution < 1.29 is 19.4 Å². The SMILES string of the molecule is CC1CC(=O)N(CCCOCCO)C(=O)C1. The maximum Gasteiger partial charge on any atom is 0.229 e.